The summed E-state index contributed by atoms with van der Waals surface area (Å²) in [5, 5.41) is 0. The molecule has 0 saturated carbocycles. The van der Waals surface area contributed by atoms with E-state index in [4.69, 9.17) is 4.74 Å². The van der Waals surface area contributed by atoms with Gasteiger partial charge in [-0.25, -0.2) is 4.79 Å². The van der Waals surface area contributed by atoms with Crippen molar-refractivity contribution in [2.45, 2.75) is 26.3 Å². The molecule has 4 heteroatoms. The SMILES string of the molecule is CCn1c(=O)[nH]c2ccc(OCCCc3ccccc3)cc21. The first-order chi connectivity index (χ1) is 10.8. The smallest absolute Gasteiger partial charge is 0.326 e. The molecule has 4 nitrogen and oxygen atoms in total. The monoisotopic (exact) mass is 296 g/mol. The fourth-order valence-electron chi connectivity index (χ4n) is 2.65. The molecule has 0 aliphatic rings. The van der Waals surface area contributed by atoms with Gasteiger partial charge in [-0.05, 0) is 37.5 Å². The van der Waals surface area contributed by atoms with E-state index < -0.39 is 0 Å². The van der Waals surface area contributed by atoms with Crippen LogP contribution in [0.4, 0.5) is 0 Å². The van der Waals surface area contributed by atoms with Crippen LogP contribution in [0, 0.1) is 0 Å². The maximum absolute atomic E-state index is 11.8. The number of fused-ring (bicyclic) bond motifs is 1. The van der Waals surface area contributed by atoms with E-state index in [1.807, 2.05) is 31.2 Å². The third-order valence-electron chi connectivity index (χ3n) is 3.78. The van der Waals surface area contributed by atoms with Crippen LogP contribution in [-0.4, -0.2) is 16.2 Å². The second-order valence-corrected chi connectivity index (χ2v) is 5.29. The topological polar surface area (TPSA) is 47.0 Å². The first-order valence-corrected chi connectivity index (χ1v) is 7.67. The van der Waals surface area contributed by atoms with Crippen molar-refractivity contribution in [1.29, 1.82) is 0 Å². The minimum atomic E-state index is -0.0706. The van der Waals surface area contributed by atoms with Gasteiger partial charge in [0.25, 0.3) is 0 Å². The lowest BCUT2D eigenvalue weighted by molar-refractivity contribution is 0.311. The van der Waals surface area contributed by atoms with Crippen LogP contribution in [-0.2, 0) is 13.0 Å². The second-order valence-electron chi connectivity index (χ2n) is 5.29. The summed E-state index contributed by atoms with van der Waals surface area (Å²) in [4.78, 5) is 14.6. The van der Waals surface area contributed by atoms with Crippen molar-refractivity contribution < 1.29 is 4.74 Å². The van der Waals surface area contributed by atoms with Gasteiger partial charge < -0.3 is 9.72 Å². The molecule has 3 rings (SSSR count). The molecular weight excluding hydrogens is 276 g/mol. The number of H-pyrrole nitrogens is 1. The highest BCUT2D eigenvalue weighted by molar-refractivity contribution is 5.76. The van der Waals surface area contributed by atoms with Gasteiger partial charge in [-0.15, -0.1) is 0 Å². The molecule has 0 aliphatic heterocycles. The largest absolute Gasteiger partial charge is 0.494 e. The van der Waals surface area contributed by atoms with Crippen LogP contribution < -0.4 is 10.4 Å². The normalized spacial score (nSPS) is 11.0. The Labute approximate surface area is 129 Å². The number of aromatic nitrogens is 2. The summed E-state index contributed by atoms with van der Waals surface area (Å²) in [6, 6.07) is 16.1. The molecule has 114 valence electrons. The summed E-state index contributed by atoms with van der Waals surface area (Å²) < 4.78 is 7.53. The molecule has 3 aromatic rings. The number of benzene rings is 2. The quantitative estimate of drug-likeness (QED) is 0.709. The van der Waals surface area contributed by atoms with Crippen molar-refractivity contribution in [1.82, 2.24) is 9.55 Å². The van der Waals surface area contributed by atoms with Crippen molar-refractivity contribution >= 4 is 11.0 Å². The zero-order valence-electron chi connectivity index (χ0n) is 12.7. The van der Waals surface area contributed by atoms with Crippen LogP contribution in [0.1, 0.15) is 18.9 Å². The summed E-state index contributed by atoms with van der Waals surface area (Å²) in [6.45, 7) is 3.28. The molecule has 0 spiro atoms. The molecule has 1 N–H and O–H groups in total. The van der Waals surface area contributed by atoms with Crippen LogP contribution >= 0.6 is 0 Å². The van der Waals surface area contributed by atoms with Crippen LogP contribution in [0.15, 0.2) is 53.3 Å². The molecule has 0 unspecified atom stereocenters. The van der Waals surface area contributed by atoms with Gasteiger partial charge in [0.2, 0.25) is 0 Å². The first-order valence-electron chi connectivity index (χ1n) is 7.67. The summed E-state index contributed by atoms with van der Waals surface area (Å²) >= 11 is 0. The van der Waals surface area contributed by atoms with Gasteiger partial charge in [-0.1, -0.05) is 30.3 Å². The van der Waals surface area contributed by atoms with E-state index in [1.165, 1.54) is 5.56 Å². The average molecular weight is 296 g/mol. The van der Waals surface area contributed by atoms with Crippen LogP contribution in [0.3, 0.4) is 0 Å². The Hall–Kier alpha value is -2.49. The van der Waals surface area contributed by atoms with Gasteiger partial charge in [0.15, 0.2) is 0 Å². The molecular formula is C18H20N2O2. The van der Waals surface area contributed by atoms with E-state index in [0.29, 0.717) is 13.2 Å². The highest BCUT2D eigenvalue weighted by Gasteiger charge is 2.06. The maximum Gasteiger partial charge on any atom is 0.326 e. The third-order valence-corrected chi connectivity index (χ3v) is 3.78. The van der Waals surface area contributed by atoms with E-state index in [2.05, 4.69) is 29.2 Å². The van der Waals surface area contributed by atoms with Gasteiger partial charge in [0, 0.05) is 12.6 Å². The minimum absolute atomic E-state index is 0.0706. The summed E-state index contributed by atoms with van der Waals surface area (Å²) in [5.74, 6) is 0.807. The highest BCUT2D eigenvalue weighted by atomic mass is 16.5. The third kappa shape index (κ3) is 3.06. The fourth-order valence-corrected chi connectivity index (χ4v) is 2.65. The lowest BCUT2D eigenvalue weighted by Gasteiger charge is -2.07. The molecule has 2 aromatic carbocycles. The predicted octanol–water partition coefficient (Wildman–Crippen LogP) is 3.36. The zero-order valence-corrected chi connectivity index (χ0v) is 12.7. The van der Waals surface area contributed by atoms with E-state index >= 15 is 0 Å². The van der Waals surface area contributed by atoms with Gasteiger partial charge >= 0.3 is 5.69 Å². The number of imidazole rings is 1. The zero-order chi connectivity index (χ0) is 15.4. The fraction of sp³-hybridized carbons (Fsp3) is 0.278. The number of aryl methyl sites for hydroxylation is 2. The average Bonchev–Trinajstić information content (AvgIpc) is 2.87. The lowest BCUT2D eigenvalue weighted by atomic mass is 10.1. The van der Waals surface area contributed by atoms with Gasteiger partial charge in [0.1, 0.15) is 5.75 Å². The summed E-state index contributed by atoms with van der Waals surface area (Å²) in [7, 11) is 0. The van der Waals surface area contributed by atoms with E-state index in [-0.39, 0.29) is 5.69 Å². The van der Waals surface area contributed by atoms with E-state index in [9.17, 15) is 4.79 Å². The Kier molecular flexibility index (Phi) is 4.28. The number of rotatable bonds is 6. The summed E-state index contributed by atoms with van der Waals surface area (Å²) in [5.41, 5.74) is 3.00. The van der Waals surface area contributed by atoms with Crippen molar-refractivity contribution in [2.75, 3.05) is 6.61 Å². The molecule has 0 amide bonds. The Balaban J connectivity index is 1.63. The number of ether oxygens (including phenoxy) is 1. The Morgan fingerprint density at radius 2 is 1.95 bits per heavy atom. The molecule has 0 saturated heterocycles. The van der Waals surface area contributed by atoms with Gasteiger partial charge in [-0.3, -0.25) is 4.57 Å². The number of nitrogens with one attached hydrogen (secondary N) is 1. The van der Waals surface area contributed by atoms with E-state index in [0.717, 1.165) is 29.6 Å². The molecule has 0 aliphatic carbocycles. The maximum atomic E-state index is 11.8. The molecule has 22 heavy (non-hydrogen) atoms. The van der Waals surface area contributed by atoms with Crippen molar-refractivity contribution in [2.24, 2.45) is 0 Å². The van der Waals surface area contributed by atoms with Crippen molar-refractivity contribution in [3.8, 4) is 5.75 Å². The standard InChI is InChI=1S/C18H20N2O2/c1-2-20-17-13-15(10-11-16(17)19-18(20)21)22-12-6-9-14-7-4-3-5-8-14/h3-5,7-8,10-11,13H,2,6,9,12H2,1H3,(H,19,21). The summed E-state index contributed by atoms with van der Waals surface area (Å²) in [6.07, 6.45) is 1.97. The second kappa shape index (κ2) is 6.52. The van der Waals surface area contributed by atoms with E-state index in [1.54, 1.807) is 4.57 Å². The number of nitrogens with zero attached hydrogens (tertiary/aromatic N) is 1. The molecule has 0 atom stereocenters. The van der Waals surface area contributed by atoms with Crippen LogP contribution in [0.5, 0.6) is 5.75 Å². The number of aromatic amines is 1. The molecule has 0 bridgehead atoms. The van der Waals surface area contributed by atoms with Crippen LogP contribution in [0.25, 0.3) is 11.0 Å². The van der Waals surface area contributed by atoms with Crippen LogP contribution in [0.2, 0.25) is 0 Å². The predicted molar refractivity (Wildman–Crippen MR) is 88.5 cm³/mol. The lowest BCUT2D eigenvalue weighted by Crippen LogP contribution is -2.14. The molecule has 1 heterocycles. The van der Waals surface area contributed by atoms with Gasteiger partial charge in [0.05, 0.1) is 17.6 Å². The first kappa shape index (κ1) is 14.4. The number of hydrogen-bond acceptors (Lipinski definition) is 2. The number of hydrogen-bond donors (Lipinski definition) is 1. The molecule has 0 fully saturated rings. The van der Waals surface area contributed by atoms with Gasteiger partial charge in [-0.2, -0.15) is 0 Å². The highest BCUT2D eigenvalue weighted by Crippen LogP contribution is 2.19. The minimum Gasteiger partial charge on any atom is -0.494 e. The Morgan fingerprint density at radius 1 is 1.14 bits per heavy atom. The Bertz CT molecular complexity index is 803. The Morgan fingerprint density at radius 3 is 2.73 bits per heavy atom. The molecule has 0 radical (unpaired) electrons. The van der Waals surface area contributed by atoms with Crippen molar-refractivity contribution in [3.05, 3.63) is 64.6 Å². The van der Waals surface area contributed by atoms with Crippen molar-refractivity contribution in [3.63, 3.8) is 0 Å². The molecule has 1 aromatic heterocycles.